The van der Waals surface area contributed by atoms with E-state index in [0.717, 1.165) is 36.4 Å². The van der Waals surface area contributed by atoms with Crippen LogP contribution in [0.15, 0.2) is 36.7 Å². The third-order valence-corrected chi connectivity index (χ3v) is 6.18. The van der Waals surface area contributed by atoms with E-state index in [-0.39, 0.29) is 17.5 Å². The summed E-state index contributed by atoms with van der Waals surface area (Å²) in [5.74, 6) is 0.923. The van der Waals surface area contributed by atoms with E-state index in [9.17, 15) is 4.79 Å². The van der Waals surface area contributed by atoms with Crippen LogP contribution in [-0.2, 0) is 11.8 Å². The maximum atomic E-state index is 12.3. The number of aryl methyl sites for hydroxylation is 1. The van der Waals surface area contributed by atoms with Crippen LogP contribution in [0.3, 0.4) is 0 Å². The second-order valence-corrected chi connectivity index (χ2v) is 7.86. The summed E-state index contributed by atoms with van der Waals surface area (Å²) in [6, 6.07) is 8.58. The maximum absolute atomic E-state index is 12.3. The summed E-state index contributed by atoms with van der Waals surface area (Å²) in [6.45, 7) is 2.99. The Hall–Kier alpha value is -2.14. The highest BCUT2D eigenvalue weighted by Crippen LogP contribution is 2.44. The molecule has 1 unspecified atom stereocenters. The zero-order chi connectivity index (χ0) is 18.1. The van der Waals surface area contributed by atoms with Crippen molar-refractivity contribution < 1.29 is 4.79 Å². The lowest BCUT2D eigenvalue weighted by molar-refractivity contribution is -0.122. The van der Waals surface area contributed by atoms with Gasteiger partial charge in [0.05, 0.1) is 12.2 Å². The first-order valence-corrected chi connectivity index (χ1v) is 9.73. The lowest BCUT2D eigenvalue weighted by atomic mass is 9.67. The Morgan fingerprint density at radius 1 is 1.38 bits per heavy atom. The fourth-order valence-corrected chi connectivity index (χ4v) is 4.58. The number of carbonyl (C=O) groups is 1. The minimum absolute atomic E-state index is 0.00724. The number of amides is 1. The van der Waals surface area contributed by atoms with E-state index in [4.69, 9.17) is 0 Å². The molecule has 2 N–H and O–H groups in total. The fraction of sp³-hybridized carbons (Fsp3) is 0.524. The van der Waals surface area contributed by atoms with Gasteiger partial charge in [-0.3, -0.25) is 9.48 Å². The fourth-order valence-electron chi connectivity index (χ4n) is 4.58. The summed E-state index contributed by atoms with van der Waals surface area (Å²) in [6.07, 6.45) is 9.20. The second-order valence-electron chi connectivity index (χ2n) is 7.86. The molecule has 3 fully saturated rings. The lowest BCUT2D eigenvalue weighted by Gasteiger charge is -2.52. The molecule has 1 aliphatic carbocycles. The summed E-state index contributed by atoms with van der Waals surface area (Å²) in [5.41, 5.74) is 3.41. The van der Waals surface area contributed by atoms with Gasteiger partial charge >= 0.3 is 0 Å². The molecule has 26 heavy (non-hydrogen) atoms. The molecular weight excluding hydrogens is 324 g/mol. The van der Waals surface area contributed by atoms with Gasteiger partial charge in [-0.05, 0) is 55.3 Å². The number of nitrogens with one attached hydrogen (secondary N) is 2. The molecule has 1 amide bonds. The van der Waals surface area contributed by atoms with Crippen LogP contribution in [0.25, 0.3) is 11.1 Å². The van der Waals surface area contributed by atoms with Gasteiger partial charge in [0.2, 0.25) is 5.91 Å². The second kappa shape index (κ2) is 6.88. The van der Waals surface area contributed by atoms with Gasteiger partial charge in [-0.1, -0.05) is 25.1 Å². The molecule has 1 saturated carbocycles. The Bertz CT molecular complexity index is 775. The molecule has 5 heteroatoms. The summed E-state index contributed by atoms with van der Waals surface area (Å²) < 4.78 is 1.82. The number of fused-ring (bicyclic) bond motifs is 3. The van der Waals surface area contributed by atoms with Crippen LogP contribution < -0.4 is 10.6 Å². The van der Waals surface area contributed by atoms with Gasteiger partial charge in [0.25, 0.3) is 0 Å². The van der Waals surface area contributed by atoms with Gasteiger partial charge in [-0.15, -0.1) is 0 Å². The van der Waals surface area contributed by atoms with Gasteiger partial charge in [-0.25, -0.2) is 0 Å². The van der Waals surface area contributed by atoms with Crippen LogP contribution >= 0.6 is 0 Å². The minimum atomic E-state index is -0.0207. The molecule has 1 aromatic heterocycles. The van der Waals surface area contributed by atoms with Crippen molar-refractivity contribution in [3.05, 3.63) is 42.2 Å². The Kier molecular flexibility index (Phi) is 4.57. The molecule has 138 valence electrons. The first-order chi connectivity index (χ1) is 12.6. The molecule has 2 aliphatic heterocycles. The predicted molar refractivity (Wildman–Crippen MR) is 103 cm³/mol. The van der Waals surface area contributed by atoms with Crippen molar-refractivity contribution in [1.82, 2.24) is 20.4 Å². The average Bonchev–Trinajstić information content (AvgIpc) is 3.13. The highest BCUT2D eigenvalue weighted by atomic mass is 16.1. The predicted octanol–water partition coefficient (Wildman–Crippen LogP) is 3.19. The molecule has 2 bridgehead atoms. The highest BCUT2D eigenvalue weighted by Gasteiger charge is 2.46. The summed E-state index contributed by atoms with van der Waals surface area (Å²) in [4.78, 5) is 12.3. The van der Waals surface area contributed by atoms with E-state index >= 15 is 0 Å². The van der Waals surface area contributed by atoms with Crippen LogP contribution in [0.5, 0.6) is 0 Å². The Labute approximate surface area is 155 Å². The van der Waals surface area contributed by atoms with Gasteiger partial charge in [0.1, 0.15) is 0 Å². The lowest BCUT2D eigenvalue weighted by Crippen LogP contribution is -2.62. The average molecular weight is 352 g/mol. The molecule has 2 aromatic rings. The molecule has 3 heterocycles. The van der Waals surface area contributed by atoms with Crippen molar-refractivity contribution in [2.75, 3.05) is 6.54 Å². The molecule has 5 rings (SSSR count). The van der Waals surface area contributed by atoms with Gasteiger partial charge in [0.15, 0.2) is 0 Å². The topological polar surface area (TPSA) is 59.0 Å². The molecule has 1 atom stereocenters. The largest absolute Gasteiger partial charge is 0.347 e. The number of hydrogen-bond donors (Lipinski definition) is 2. The number of hydrogen-bond acceptors (Lipinski definition) is 3. The van der Waals surface area contributed by atoms with Gasteiger partial charge in [-0.2, -0.15) is 5.10 Å². The molecule has 0 radical (unpaired) electrons. The Morgan fingerprint density at radius 2 is 2.19 bits per heavy atom. The summed E-state index contributed by atoms with van der Waals surface area (Å²) in [7, 11) is 1.93. The molecule has 1 aromatic carbocycles. The Balaban J connectivity index is 1.71. The molecule has 0 spiro atoms. The third-order valence-electron chi connectivity index (χ3n) is 6.18. The zero-order valence-electron chi connectivity index (χ0n) is 15.7. The van der Waals surface area contributed by atoms with E-state index in [2.05, 4.69) is 40.0 Å². The van der Waals surface area contributed by atoms with E-state index in [1.165, 1.54) is 18.4 Å². The number of piperidine rings is 2. The van der Waals surface area contributed by atoms with Crippen LogP contribution in [0.4, 0.5) is 0 Å². The van der Waals surface area contributed by atoms with E-state index in [1.54, 1.807) is 0 Å². The summed E-state index contributed by atoms with van der Waals surface area (Å²) >= 11 is 0. The quantitative estimate of drug-likeness (QED) is 0.869. The molecular formula is C21H28N4O. The standard InChI is InChI=1S/C21H28N4O/c1-3-19(26)24-20(21-9-7-15(8-10-21)12-22-21)17-6-4-5-16(11-17)18-13-23-25(2)14-18/h4-6,11,13-15,20,22H,3,7-10,12H2,1-2H3,(H,24,26). The van der Waals surface area contributed by atoms with Crippen LogP contribution in [0, 0.1) is 5.92 Å². The number of carbonyl (C=O) groups excluding carboxylic acids is 1. The van der Waals surface area contributed by atoms with Crippen molar-refractivity contribution in [2.45, 2.75) is 50.6 Å². The van der Waals surface area contributed by atoms with Crippen molar-refractivity contribution in [1.29, 1.82) is 0 Å². The van der Waals surface area contributed by atoms with E-state index in [1.807, 2.05) is 31.0 Å². The van der Waals surface area contributed by atoms with Gasteiger partial charge < -0.3 is 10.6 Å². The number of benzene rings is 1. The number of nitrogens with zero attached hydrogens (tertiary/aromatic N) is 2. The third kappa shape index (κ3) is 3.16. The van der Waals surface area contributed by atoms with Gasteiger partial charge in [0, 0.05) is 30.8 Å². The maximum Gasteiger partial charge on any atom is 0.220 e. The number of rotatable bonds is 5. The van der Waals surface area contributed by atoms with Crippen molar-refractivity contribution >= 4 is 5.91 Å². The minimum Gasteiger partial charge on any atom is -0.347 e. The van der Waals surface area contributed by atoms with Crippen LogP contribution in [0.2, 0.25) is 0 Å². The normalized spacial score (nSPS) is 25.8. The zero-order valence-corrected chi connectivity index (χ0v) is 15.7. The monoisotopic (exact) mass is 352 g/mol. The van der Waals surface area contributed by atoms with E-state index < -0.39 is 0 Å². The Morgan fingerprint density at radius 3 is 2.81 bits per heavy atom. The molecule has 2 saturated heterocycles. The van der Waals surface area contributed by atoms with Crippen molar-refractivity contribution in [3.63, 3.8) is 0 Å². The van der Waals surface area contributed by atoms with Crippen molar-refractivity contribution in [2.24, 2.45) is 13.0 Å². The summed E-state index contributed by atoms with van der Waals surface area (Å²) in [5, 5.41) is 11.4. The van der Waals surface area contributed by atoms with Crippen LogP contribution in [-0.4, -0.2) is 27.8 Å². The SMILES string of the molecule is CCC(=O)NC(c1cccc(-c2cnn(C)c2)c1)C12CCC(CC1)CN2. The van der Waals surface area contributed by atoms with Crippen molar-refractivity contribution in [3.8, 4) is 11.1 Å². The van der Waals surface area contributed by atoms with E-state index in [0.29, 0.717) is 6.42 Å². The van der Waals surface area contributed by atoms with Crippen LogP contribution in [0.1, 0.15) is 50.6 Å². The first-order valence-electron chi connectivity index (χ1n) is 9.73. The molecule has 5 nitrogen and oxygen atoms in total. The smallest absolute Gasteiger partial charge is 0.220 e. The highest BCUT2D eigenvalue weighted by molar-refractivity contribution is 5.76. The molecule has 3 aliphatic rings. The number of aromatic nitrogens is 2. The first kappa shape index (κ1) is 17.3.